The van der Waals surface area contributed by atoms with E-state index in [-0.39, 0.29) is 0 Å². The molecule has 1 amide bonds. The zero-order chi connectivity index (χ0) is 25.2. The van der Waals surface area contributed by atoms with Gasteiger partial charge in [0.25, 0.3) is 5.91 Å². The Balaban J connectivity index is 1.34. The molecule has 2 aromatic carbocycles. The highest BCUT2D eigenvalue weighted by Gasteiger charge is 2.26. The van der Waals surface area contributed by atoms with Crippen molar-refractivity contribution in [3.63, 3.8) is 0 Å². The second-order valence-corrected chi connectivity index (χ2v) is 10.4. The minimum atomic E-state index is -1.01. The third-order valence-electron chi connectivity index (χ3n) is 6.23. The van der Waals surface area contributed by atoms with Crippen LogP contribution in [0.2, 0.25) is 10.0 Å². The fraction of sp³-hybridized carbons (Fsp3) is 0.259. The number of anilines is 1. The highest BCUT2D eigenvalue weighted by atomic mass is 35.5. The van der Waals surface area contributed by atoms with Gasteiger partial charge in [0.15, 0.2) is 11.2 Å². The average molecular weight is 540 g/mol. The van der Waals surface area contributed by atoms with Crippen molar-refractivity contribution in [1.82, 2.24) is 9.97 Å². The molecule has 36 heavy (non-hydrogen) atoms. The van der Waals surface area contributed by atoms with Gasteiger partial charge in [-0.3, -0.25) is 15.1 Å². The predicted octanol–water partition coefficient (Wildman–Crippen LogP) is 7.12. The van der Waals surface area contributed by atoms with Crippen LogP contribution in [0.15, 0.2) is 47.8 Å². The van der Waals surface area contributed by atoms with Crippen LogP contribution in [0.3, 0.4) is 0 Å². The Hall–Kier alpha value is -3.00. The van der Waals surface area contributed by atoms with Gasteiger partial charge in [0.2, 0.25) is 0 Å². The molecule has 0 saturated carbocycles. The molecule has 9 heteroatoms. The van der Waals surface area contributed by atoms with Crippen LogP contribution < -0.4 is 5.32 Å². The number of benzene rings is 2. The summed E-state index contributed by atoms with van der Waals surface area (Å²) in [5.41, 5.74) is 4.62. The van der Waals surface area contributed by atoms with E-state index < -0.39 is 18.0 Å². The first kappa shape index (κ1) is 24.7. The van der Waals surface area contributed by atoms with Crippen molar-refractivity contribution in [3.05, 3.63) is 74.7 Å². The number of rotatable bonds is 5. The van der Waals surface area contributed by atoms with E-state index in [0.29, 0.717) is 26.4 Å². The smallest absolute Gasteiger partial charge is 0.339 e. The van der Waals surface area contributed by atoms with Crippen LogP contribution in [0.4, 0.5) is 5.13 Å². The largest absolute Gasteiger partial charge is 0.449 e. The maximum absolute atomic E-state index is 13.4. The van der Waals surface area contributed by atoms with Crippen molar-refractivity contribution in [2.75, 3.05) is 5.32 Å². The summed E-state index contributed by atoms with van der Waals surface area (Å²) in [6.07, 6.45) is 3.73. The quantitative estimate of drug-likeness (QED) is 0.215. The number of carbonyl (C=O) groups is 2. The number of amides is 1. The fourth-order valence-corrected chi connectivity index (χ4v) is 5.40. The summed E-state index contributed by atoms with van der Waals surface area (Å²) < 4.78 is 5.67. The average Bonchev–Trinajstić information content (AvgIpc) is 3.20. The molecule has 1 N–H and O–H groups in total. The number of esters is 1. The van der Waals surface area contributed by atoms with Crippen LogP contribution >= 0.6 is 34.5 Å². The number of ether oxygens (including phenoxy) is 1. The van der Waals surface area contributed by atoms with Crippen LogP contribution in [0.25, 0.3) is 22.2 Å². The lowest BCUT2D eigenvalue weighted by atomic mass is 9.97. The lowest BCUT2D eigenvalue weighted by molar-refractivity contribution is -0.123. The molecule has 2 aromatic heterocycles. The standard InChI is InChI=1S/C27H23Cl2N3O3S/c1-15(25(33)32-27-31-23(14-36-27)16-11-12-19(28)20(29)13-16)35-26(34)24-17-7-3-2-4-9-21(17)30-22-10-6-5-8-18(22)24/h5-6,8,10-15H,2-4,7,9H2,1H3,(H,31,32,33)/t15-/m1/s1. The molecule has 0 bridgehead atoms. The van der Waals surface area contributed by atoms with Crippen molar-refractivity contribution in [1.29, 1.82) is 0 Å². The van der Waals surface area contributed by atoms with Crippen LogP contribution in [0, 0.1) is 0 Å². The van der Waals surface area contributed by atoms with Gasteiger partial charge in [0.1, 0.15) is 0 Å². The third kappa shape index (κ3) is 5.09. The number of carbonyl (C=O) groups excluding carboxylic acids is 2. The fourth-order valence-electron chi connectivity index (χ4n) is 4.38. The number of hydrogen-bond donors (Lipinski definition) is 1. The number of aromatic nitrogens is 2. The van der Waals surface area contributed by atoms with E-state index in [9.17, 15) is 9.59 Å². The number of hydrogen-bond acceptors (Lipinski definition) is 6. The highest BCUT2D eigenvalue weighted by molar-refractivity contribution is 7.14. The molecular formula is C27H23Cl2N3O3S. The molecule has 0 spiro atoms. The molecule has 2 heterocycles. The second-order valence-electron chi connectivity index (χ2n) is 8.69. The van der Waals surface area contributed by atoms with E-state index in [1.807, 2.05) is 29.6 Å². The van der Waals surface area contributed by atoms with Gasteiger partial charge in [-0.25, -0.2) is 9.78 Å². The summed E-state index contributed by atoms with van der Waals surface area (Å²) in [4.78, 5) is 35.5. The summed E-state index contributed by atoms with van der Waals surface area (Å²) in [6, 6.07) is 12.8. The molecular weight excluding hydrogens is 517 g/mol. The molecule has 6 nitrogen and oxygen atoms in total. The number of aryl methyl sites for hydroxylation is 1. The minimum Gasteiger partial charge on any atom is -0.449 e. The number of nitrogens with zero attached hydrogens (tertiary/aromatic N) is 2. The van der Waals surface area contributed by atoms with E-state index in [4.69, 9.17) is 32.9 Å². The Morgan fingerprint density at radius 1 is 1.03 bits per heavy atom. The number of fused-ring (bicyclic) bond motifs is 2. The lowest BCUT2D eigenvalue weighted by Crippen LogP contribution is -2.30. The van der Waals surface area contributed by atoms with E-state index in [1.165, 1.54) is 11.3 Å². The topological polar surface area (TPSA) is 81.2 Å². The second kappa shape index (κ2) is 10.5. The number of halogens is 2. The van der Waals surface area contributed by atoms with Gasteiger partial charge in [0, 0.05) is 22.0 Å². The molecule has 1 aliphatic rings. The SMILES string of the molecule is C[C@@H](OC(=O)c1c2c(nc3ccccc13)CCCCC2)C(=O)Nc1nc(-c2ccc(Cl)c(Cl)c2)cs1. The molecule has 0 radical (unpaired) electrons. The lowest BCUT2D eigenvalue weighted by Gasteiger charge is -2.17. The maximum atomic E-state index is 13.4. The van der Waals surface area contributed by atoms with Crippen molar-refractivity contribution >= 4 is 62.4 Å². The maximum Gasteiger partial charge on any atom is 0.339 e. The first-order valence-electron chi connectivity index (χ1n) is 11.7. The van der Waals surface area contributed by atoms with Crippen molar-refractivity contribution in [3.8, 4) is 11.3 Å². The summed E-state index contributed by atoms with van der Waals surface area (Å²) >= 11 is 13.4. The van der Waals surface area contributed by atoms with Crippen LogP contribution in [-0.4, -0.2) is 27.9 Å². The molecule has 0 saturated heterocycles. The Kier molecular flexibility index (Phi) is 7.23. The molecule has 5 rings (SSSR count). The number of pyridine rings is 1. The predicted molar refractivity (Wildman–Crippen MR) is 144 cm³/mol. The third-order valence-corrected chi connectivity index (χ3v) is 7.72. The molecule has 0 fully saturated rings. The zero-order valence-electron chi connectivity index (χ0n) is 19.5. The minimum absolute atomic E-state index is 0.396. The number of para-hydroxylation sites is 1. The van der Waals surface area contributed by atoms with Gasteiger partial charge in [-0.05, 0) is 56.4 Å². The van der Waals surface area contributed by atoms with E-state index >= 15 is 0 Å². The van der Waals surface area contributed by atoms with Crippen LogP contribution in [0.1, 0.15) is 47.8 Å². The first-order chi connectivity index (χ1) is 17.4. The van der Waals surface area contributed by atoms with Gasteiger partial charge >= 0.3 is 5.97 Å². The van der Waals surface area contributed by atoms with Crippen molar-refractivity contribution in [2.45, 2.75) is 45.1 Å². The van der Waals surface area contributed by atoms with Crippen LogP contribution in [-0.2, 0) is 22.4 Å². The van der Waals surface area contributed by atoms with Gasteiger partial charge in [-0.15, -0.1) is 11.3 Å². The van der Waals surface area contributed by atoms with Crippen molar-refractivity contribution in [2.24, 2.45) is 0 Å². The van der Waals surface area contributed by atoms with Gasteiger partial charge in [0.05, 0.1) is 26.8 Å². The Bertz CT molecular complexity index is 1470. The molecule has 184 valence electrons. The number of thiazole rings is 1. The normalized spacial score (nSPS) is 14.1. The molecule has 0 unspecified atom stereocenters. The summed E-state index contributed by atoms with van der Waals surface area (Å²) in [6.45, 7) is 1.56. The first-order valence-corrected chi connectivity index (χ1v) is 13.4. The van der Waals surface area contributed by atoms with Crippen molar-refractivity contribution < 1.29 is 14.3 Å². The molecule has 0 aliphatic heterocycles. The van der Waals surface area contributed by atoms with Gasteiger partial charge in [-0.1, -0.05) is 53.9 Å². The summed E-state index contributed by atoms with van der Waals surface area (Å²) in [5.74, 6) is -0.965. The molecule has 1 atom stereocenters. The zero-order valence-corrected chi connectivity index (χ0v) is 21.8. The van der Waals surface area contributed by atoms with Gasteiger partial charge in [-0.2, -0.15) is 0 Å². The highest BCUT2D eigenvalue weighted by Crippen LogP contribution is 2.31. The van der Waals surface area contributed by atoms with E-state index in [1.54, 1.807) is 25.1 Å². The Labute approximate surface area is 222 Å². The molecule has 1 aliphatic carbocycles. The monoisotopic (exact) mass is 539 g/mol. The van der Waals surface area contributed by atoms with E-state index in [2.05, 4.69) is 10.3 Å². The Morgan fingerprint density at radius 3 is 2.67 bits per heavy atom. The summed E-state index contributed by atoms with van der Waals surface area (Å²) in [5, 5.41) is 6.58. The van der Waals surface area contributed by atoms with E-state index in [0.717, 1.165) is 59.8 Å². The number of nitrogens with one attached hydrogen (secondary N) is 1. The van der Waals surface area contributed by atoms with Gasteiger partial charge < -0.3 is 4.74 Å². The molecule has 4 aromatic rings. The summed E-state index contributed by atoms with van der Waals surface area (Å²) in [7, 11) is 0. The van der Waals surface area contributed by atoms with Crippen LogP contribution in [0.5, 0.6) is 0 Å². The Morgan fingerprint density at radius 2 is 1.83 bits per heavy atom.